The third-order valence-corrected chi connectivity index (χ3v) is 3.15. The Kier molecular flexibility index (Phi) is 3.56. The molecule has 0 unspecified atom stereocenters. The Bertz CT molecular complexity index is 678. The molecule has 1 aliphatic heterocycles. The highest BCUT2D eigenvalue weighted by Crippen LogP contribution is 2.31. The van der Waals surface area contributed by atoms with Crippen molar-refractivity contribution in [2.75, 3.05) is 13.2 Å². The molecule has 5 heteroatoms. The normalized spacial score (nSPS) is 13.0. The molecule has 0 saturated heterocycles. The number of ketones is 1. The lowest BCUT2D eigenvalue weighted by Crippen LogP contribution is -2.16. The zero-order chi connectivity index (χ0) is 14.8. The van der Waals surface area contributed by atoms with Crippen LogP contribution in [0.15, 0.2) is 36.4 Å². The van der Waals surface area contributed by atoms with Crippen molar-refractivity contribution in [3.63, 3.8) is 0 Å². The highest BCUT2D eigenvalue weighted by Gasteiger charge is 2.15. The molecule has 1 heterocycles. The molecule has 0 bridgehead atoms. The van der Waals surface area contributed by atoms with Gasteiger partial charge in [-0.05, 0) is 35.9 Å². The van der Waals surface area contributed by atoms with Gasteiger partial charge in [-0.15, -0.1) is 0 Å². The van der Waals surface area contributed by atoms with Gasteiger partial charge in [-0.1, -0.05) is 0 Å². The Labute approximate surface area is 120 Å². The summed E-state index contributed by atoms with van der Waals surface area (Å²) in [5.41, 5.74) is 0.719. The van der Waals surface area contributed by atoms with Crippen LogP contribution in [0.4, 0.5) is 8.78 Å². The first-order valence-electron chi connectivity index (χ1n) is 6.49. The lowest BCUT2D eigenvalue weighted by molar-refractivity contribution is 0.0991. The van der Waals surface area contributed by atoms with E-state index >= 15 is 0 Å². The van der Waals surface area contributed by atoms with Crippen LogP contribution in [0.25, 0.3) is 0 Å². The molecule has 0 radical (unpaired) electrons. The van der Waals surface area contributed by atoms with Crippen LogP contribution in [-0.2, 0) is 6.42 Å². The summed E-state index contributed by atoms with van der Waals surface area (Å²) in [6, 6.07) is 7.95. The molecule has 21 heavy (non-hydrogen) atoms. The number of rotatable bonds is 3. The van der Waals surface area contributed by atoms with Gasteiger partial charge in [0.25, 0.3) is 0 Å². The molecule has 0 spiro atoms. The number of ether oxygens (including phenoxy) is 2. The Hall–Kier alpha value is -2.43. The summed E-state index contributed by atoms with van der Waals surface area (Å²) in [4.78, 5) is 12.2. The molecule has 3 nitrogen and oxygen atoms in total. The van der Waals surface area contributed by atoms with Crippen molar-refractivity contribution in [1.29, 1.82) is 0 Å². The Morgan fingerprint density at radius 1 is 0.952 bits per heavy atom. The molecule has 0 saturated carbocycles. The van der Waals surface area contributed by atoms with Crippen LogP contribution >= 0.6 is 0 Å². The Morgan fingerprint density at radius 2 is 1.62 bits per heavy atom. The average Bonchev–Trinajstić information content (AvgIpc) is 2.45. The number of carbonyl (C=O) groups excluding carboxylic acids is 1. The molecule has 0 atom stereocenters. The van der Waals surface area contributed by atoms with Crippen molar-refractivity contribution >= 4 is 5.78 Å². The van der Waals surface area contributed by atoms with Crippen LogP contribution in [0.5, 0.6) is 11.5 Å². The van der Waals surface area contributed by atoms with Crippen LogP contribution < -0.4 is 9.47 Å². The second kappa shape index (κ2) is 5.52. The summed E-state index contributed by atoms with van der Waals surface area (Å²) in [6.07, 6.45) is -0.0751. The van der Waals surface area contributed by atoms with Crippen LogP contribution in [0.1, 0.15) is 15.9 Å². The van der Waals surface area contributed by atoms with Gasteiger partial charge in [-0.3, -0.25) is 4.79 Å². The lowest BCUT2D eigenvalue weighted by Gasteiger charge is -2.18. The van der Waals surface area contributed by atoms with E-state index in [4.69, 9.17) is 9.47 Å². The quantitative estimate of drug-likeness (QED) is 0.815. The van der Waals surface area contributed by atoms with E-state index in [-0.39, 0.29) is 12.2 Å². The predicted octanol–water partition coefficient (Wildman–Crippen LogP) is 3.16. The van der Waals surface area contributed by atoms with Crippen molar-refractivity contribution in [3.05, 3.63) is 59.2 Å². The largest absolute Gasteiger partial charge is 0.486 e. The van der Waals surface area contributed by atoms with Crippen molar-refractivity contribution in [2.24, 2.45) is 0 Å². The predicted molar refractivity (Wildman–Crippen MR) is 71.8 cm³/mol. The number of carbonyl (C=O) groups is 1. The number of fused-ring (bicyclic) bond motifs is 1. The molecular weight excluding hydrogens is 278 g/mol. The monoisotopic (exact) mass is 290 g/mol. The van der Waals surface area contributed by atoms with Gasteiger partial charge in [0, 0.05) is 18.1 Å². The van der Waals surface area contributed by atoms with E-state index in [0.29, 0.717) is 35.8 Å². The minimum absolute atomic E-state index is 0.0751. The van der Waals surface area contributed by atoms with E-state index in [9.17, 15) is 13.6 Å². The van der Waals surface area contributed by atoms with E-state index in [1.807, 2.05) is 0 Å². The number of Topliss-reactive ketones (excluding diaryl/α,β-unsaturated/α-hetero) is 1. The zero-order valence-electron chi connectivity index (χ0n) is 11.1. The van der Waals surface area contributed by atoms with Crippen LogP contribution in [0, 0.1) is 11.6 Å². The van der Waals surface area contributed by atoms with E-state index in [1.54, 1.807) is 18.2 Å². The van der Waals surface area contributed by atoms with Gasteiger partial charge in [0.2, 0.25) is 0 Å². The standard InChI is InChI=1S/C16H12F2O3/c17-12-5-10(6-13(18)9-12)7-14(19)11-1-2-15-16(8-11)21-4-3-20-15/h1-2,5-6,8-9H,3-4,7H2. The maximum atomic E-state index is 13.1. The number of hydrogen-bond donors (Lipinski definition) is 0. The zero-order valence-corrected chi connectivity index (χ0v) is 11.1. The first-order valence-corrected chi connectivity index (χ1v) is 6.49. The van der Waals surface area contributed by atoms with E-state index in [2.05, 4.69) is 0 Å². The fourth-order valence-electron chi connectivity index (χ4n) is 2.22. The van der Waals surface area contributed by atoms with Crippen LogP contribution in [-0.4, -0.2) is 19.0 Å². The van der Waals surface area contributed by atoms with Gasteiger partial charge in [-0.25, -0.2) is 8.78 Å². The van der Waals surface area contributed by atoms with Gasteiger partial charge in [0.15, 0.2) is 17.3 Å². The minimum atomic E-state index is -0.694. The third-order valence-electron chi connectivity index (χ3n) is 3.15. The molecule has 0 N–H and O–H groups in total. The molecule has 0 amide bonds. The van der Waals surface area contributed by atoms with Gasteiger partial charge in [0.05, 0.1) is 0 Å². The highest BCUT2D eigenvalue weighted by molar-refractivity contribution is 5.98. The summed E-state index contributed by atoms with van der Waals surface area (Å²) in [5, 5.41) is 0. The molecule has 2 aromatic carbocycles. The van der Waals surface area contributed by atoms with Crippen molar-refractivity contribution in [2.45, 2.75) is 6.42 Å². The van der Waals surface area contributed by atoms with E-state index < -0.39 is 11.6 Å². The molecule has 0 aromatic heterocycles. The van der Waals surface area contributed by atoms with E-state index in [0.717, 1.165) is 18.2 Å². The second-order valence-electron chi connectivity index (χ2n) is 4.74. The number of hydrogen-bond acceptors (Lipinski definition) is 3. The Morgan fingerprint density at radius 3 is 2.33 bits per heavy atom. The smallest absolute Gasteiger partial charge is 0.167 e. The van der Waals surface area contributed by atoms with E-state index in [1.165, 1.54) is 0 Å². The lowest BCUT2D eigenvalue weighted by atomic mass is 10.0. The topological polar surface area (TPSA) is 35.5 Å². The van der Waals surface area contributed by atoms with Crippen molar-refractivity contribution in [3.8, 4) is 11.5 Å². The van der Waals surface area contributed by atoms with Gasteiger partial charge >= 0.3 is 0 Å². The molecule has 0 fully saturated rings. The summed E-state index contributed by atoms with van der Waals surface area (Å²) in [6.45, 7) is 0.905. The summed E-state index contributed by atoms with van der Waals surface area (Å²) in [5.74, 6) is -0.524. The van der Waals surface area contributed by atoms with Gasteiger partial charge < -0.3 is 9.47 Å². The first kappa shape index (κ1) is 13.5. The first-order chi connectivity index (χ1) is 10.1. The van der Waals surface area contributed by atoms with Gasteiger partial charge in [-0.2, -0.15) is 0 Å². The molecule has 108 valence electrons. The highest BCUT2D eigenvalue weighted by atomic mass is 19.1. The van der Waals surface area contributed by atoms with Gasteiger partial charge in [0.1, 0.15) is 24.8 Å². The van der Waals surface area contributed by atoms with Crippen LogP contribution in [0.2, 0.25) is 0 Å². The number of halogens is 2. The van der Waals surface area contributed by atoms with Crippen molar-refractivity contribution in [1.82, 2.24) is 0 Å². The van der Waals surface area contributed by atoms with Crippen molar-refractivity contribution < 1.29 is 23.0 Å². The average molecular weight is 290 g/mol. The fourth-order valence-corrected chi connectivity index (χ4v) is 2.22. The fraction of sp³-hybridized carbons (Fsp3) is 0.188. The summed E-state index contributed by atoms with van der Waals surface area (Å²) >= 11 is 0. The summed E-state index contributed by atoms with van der Waals surface area (Å²) in [7, 11) is 0. The molecule has 3 rings (SSSR count). The Balaban J connectivity index is 1.82. The summed E-state index contributed by atoms with van der Waals surface area (Å²) < 4.78 is 37.0. The molecule has 2 aromatic rings. The second-order valence-corrected chi connectivity index (χ2v) is 4.74. The van der Waals surface area contributed by atoms with Crippen LogP contribution in [0.3, 0.4) is 0 Å². The molecular formula is C16H12F2O3. The molecule has 1 aliphatic rings. The maximum Gasteiger partial charge on any atom is 0.167 e. The minimum Gasteiger partial charge on any atom is -0.486 e. The SMILES string of the molecule is O=C(Cc1cc(F)cc(F)c1)c1ccc2c(c1)OCCO2. The maximum absolute atomic E-state index is 13.1. The molecule has 0 aliphatic carbocycles. The number of benzene rings is 2. The third kappa shape index (κ3) is 3.02.